The van der Waals surface area contributed by atoms with Gasteiger partial charge in [-0.25, -0.2) is 17.6 Å². The topological polar surface area (TPSA) is 62.1 Å². The number of amides is 1. The summed E-state index contributed by atoms with van der Waals surface area (Å²) in [5.41, 5.74) is -3.36. The Labute approximate surface area is 129 Å². The number of hydrazone groups is 1. The molecule has 9 heteroatoms. The molecule has 0 fully saturated rings. The predicted octanol–water partition coefficient (Wildman–Crippen LogP) is 2.18. The molecule has 1 aromatic rings. The van der Waals surface area contributed by atoms with Gasteiger partial charge in [0.25, 0.3) is 18.8 Å². The van der Waals surface area contributed by atoms with E-state index in [-0.39, 0.29) is 5.01 Å². The van der Waals surface area contributed by atoms with Crippen LogP contribution in [0.15, 0.2) is 29.4 Å². The number of benzene rings is 1. The van der Waals surface area contributed by atoms with Crippen LogP contribution in [0.2, 0.25) is 0 Å². The molecule has 0 saturated carbocycles. The zero-order valence-electron chi connectivity index (χ0n) is 12.0. The van der Waals surface area contributed by atoms with Crippen molar-refractivity contribution in [2.45, 2.75) is 31.9 Å². The number of ether oxygens (including phenoxy) is 1. The minimum Gasteiger partial charge on any atom is -0.483 e. The van der Waals surface area contributed by atoms with Crippen LogP contribution in [0.4, 0.5) is 17.6 Å². The van der Waals surface area contributed by atoms with Crippen molar-refractivity contribution in [3.05, 3.63) is 29.8 Å². The number of hydrogen-bond acceptors (Lipinski definition) is 4. The number of aryl methyl sites for hydroxylation is 1. The molecule has 1 aliphatic rings. The van der Waals surface area contributed by atoms with Gasteiger partial charge in [0.1, 0.15) is 11.5 Å². The highest BCUT2D eigenvalue weighted by Crippen LogP contribution is 2.33. The molecular weight excluding hydrogens is 320 g/mol. The van der Waals surface area contributed by atoms with Crippen molar-refractivity contribution >= 4 is 11.6 Å². The molecule has 1 aliphatic heterocycles. The lowest BCUT2D eigenvalue weighted by atomic mass is 10.1. The molecule has 0 spiro atoms. The van der Waals surface area contributed by atoms with Crippen LogP contribution in [0.3, 0.4) is 0 Å². The summed E-state index contributed by atoms with van der Waals surface area (Å²) in [4.78, 5) is 12.0. The zero-order valence-corrected chi connectivity index (χ0v) is 12.0. The number of nitrogens with zero attached hydrogens (tertiary/aromatic N) is 2. The SMILES string of the molecule is Cc1ccccc1OCC(=O)N1N=C(C(F)F)CC1(O)C(F)F. The number of alkyl halides is 4. The first-order chi connectivity index (χ1) is 10.8. The van der Waals surface area contributed by atoms with Gasteiger partial charge in [-0.1, -0.05) is 18.2 Å². The van der Waals surface area contributed by atoms with E-state index in [2.05, 4.69) is 5.10 Å². The fourth-order valence-electron chi connectivity index (χ4n) is 2.07. The van der Waals surface area contributed by atoms with Crippen molar-refractivity contribution < 1.29 is 32.2 Å². The Morgan fingerprint density at radius 1 is 1.39 bits per heavy atom. The van der Waals surface area contributed by atoms with Gasteiger partial charge in [0.05, 0.1) is 0 Å². The molecule has 0 aliphatic carbocycles. The average Bonchev–Trinajstić information content (AvgIpc) is 2.86. The molecule has 1 N–H and O–H groups in total. The van der Waals surface area contributed by atoms with Crippen molar-refractivity contribution in [3.8, 4) is 5.75 Å². The Kier molecular flexibility index (Phi) is 4.88. The van der Waals surface area contributed by atoms with Crippen molar-refractivity contribution in [2.75, 3.05) is 6.61 Å². The second-order valence-electron chi connectivity index (χ2n) is 5.01. The molecule has 2 rings (SSSR count). The Balaban J connectivity index is 2.14. The highest BCUT2D eigenvalue weighted by Gasteiger charge is 2.53. The Morgan fingerprint density at radius 2 is 2.04 bits per heavy atom. The number of carbonyl (C=O) groups is 1. The Morgan fingerprint density at radius 3 is 2.61 bits per heavy atom. The molecule has 0 aromatic heterocycles. The smallest absolute Gasteiger partial charge is 0.287 e. The average molecular weight is 334 g/mol. The zero-order chi connectivity index (χ0) is 17.2. The molecule has 5 nitrogen and oxygen atoms in total. The molecular formula is C14H14F4N2O3. The van der Waals surface area contributed by atoms with Crippen molar-refractivity contribution in [2.24, 2.45) is 5.10 Å². The van der Waals surface area contributed by atoms with Crippen molar-refractivity contribution in [1.82, 2.24) is 5.01 Å². The number of hydrogen-bond donors (Lipinski definition) is 1. The third-order valence-electron chi connectivity index (χ3n) is 3.32. The van der Waals surface area contributed by atoms with Gasteiger partial charge in [-0.15, -0.1) is 0 Å². The Hall–Kier alpha value is -2.16. The summed E-state index contributed by atoms with van der Waals surface area (Å²) in [6, 6.07) is 6.64. The molecule has 1 amide bonds. The first-order valence-corrected chi connectivity index (χ1v) is 6.63. The minimum absolute atomic E-state index is 0.0164. The monoisotopic (exact) mass is 334 g/mol. The van der Waals surface area contributed by atoms with Gasteiger partial charge in [0.15, 0.2) is 6.61 Å². The summed E-state index contributed by atoms with van der Waals surface area (Å²) in [6.07, 6.45) is -7.71. The lowest BCUT2D eigenvalue weighted by Gasteiger charge is -2.29. The highest BCUT2D eigenvalue weighted by molar-refractivity contribution is 5.93. The number of aliphatic hydroxyl groups is 1. The normalized spacial score (nSPS) is 21.0. The van der Waals surface area contributed by atoms with E-state index in [4.69, 9.17) is 4.74 Å². The first kappa shape index (κ1) is 17.2. The predicted molar refractivity (Wildman–Crippen MR) is 72.5 cm³/mol. The van der Waals surface area contributed by atoms with Gasteiger partial charge in [-0.3, -0.25) is 4.79 Å². The van der Waals surface area contributed by atoms with Crippen LogP contribution in [0, 0.1) is 6.92 Å². The van der Waals surface area contributed by atoms with Gasteiger partial charge >= 0.3 is 0 Å². The maximum absolute atomic E-state index is 13.0. The lowest BCUT2D eigenvalue weighted by Crippen LogP contribution is -2.52. The maximum Gasteiger partial charge on any atom is 0.287 e. The van der Waals surface area contributed by atoms with Crippen LogP contribution in [0.5, 0.6) is 5.75 Å². The van der Waals surface area contributed by atoms with Crippen LogP contribution >= 0.6 is 0 Å². The summed E-state index contributed by atoms with van der Waals surface area (Å²) < 4.78 is 56.4. The fourth-order valence-corrected chi connectivity index (χ4v) is 2.07. The molecule has 1 atom stereocenters. The van der Waals surface area contributed by atoms with Crippen LogP contribution in [0.25, 0.3) is 0 Å². The van der Waals surface area contributed by atoms with Crippen LogP contribution in [0.1, 0.15) is 12.0 Å². The quantitative estimate of drug-likeness (QED) is 0.840. The fraction of sp³-hybridized carbons (Fsp3) is 0.429. The summed E-state index contributed by atoms with van der Waals surface area (Å²) >= 11 is 0. The van der Waals surface area contributed by atoms with Crippen molar-refractivity contribution in [3.63, 3.8) is 0 Å². The number of rotatable bonds is 5. The molecule has 23 heavy (non-hydrogen) atoms. The summed E-state index contributed by atoms with van der Waals surface area (Å²) in [6.45, 7) is 0.984. The van der Waals surface area contributed by atoms with Crippen LogP contribution in [-0.2, 0) is 4.79 Å². The molecule has 0 saturated heterocycles. The lowest BCUT2D eigenvalue weighted by molar-refractivity contribution is -0.193. The molecule has 126 valence electrons. The summed E-state index contributed by atoms with van der Waals surface area (Å²) in [5, 5.41) is 12.9. The van der Waals surface area contributed by atoms with E-state index in [0.29, 0.717) is 11.3 Å². The van der Waals surface area contributed by atoms with E-state index in [0.717, 1.165) is 0 Å². The second-order valence-corrected chi connectivity index (χ2v) is 5.01. The Bertz CT molecular complexity index is 624. The van der Waals surface area contributed by atoms with E-state index in [1.54, 1.807) is 31.2 Å². The summed E-state index contributed by atoms with van der Waals surface area (Å²) in [7, 11) is 0. The third-order valence-corrected chi connectivity index (χ3v) is 3.32. The number of carbonyl (C=O) groups excluding carboxylic acids is 1. The molecule has 1 unspecified atom stereocenters. The minimum atomic E-state index is -3.45. The number of halogens is 4. The van der Waals surface area contributed by atoms with Gasteiger partial charge in [0, 0.05) is 6.42 Å². The second kappa shape index (κ2) is 6.53. The number of para-hydroxylation sites is 1. The van der Waals surface area contributed by atoms with Gasteiger partial charge < -0.3 is 9.84 Å². The van der Waals surface area contributed by atoms with Gasteiger partial charge in [-0.2, -0.15) is 10.1 Å². The molecule has 0 bridgehead atoms. The van der Waals surface area contributed by atoms with E-state index in [1.165, 1.54) is 0 Å². The summed E-state index contributed by atoms with van der Waals surface area (Å²) in [5.74, 6) is -0.814. The van der Waals surface area contributed by atoms with E-state index >= 15 is 0 Å². The van der Waals surface area contributed by atoms with E-state index in [9.17, 15) is 27.5 Å². The molecule has 1 aromatic carbocycles. The standard InChI is InChI=1S/C14H14F4N2O3/c1-8-4-2-3-5-10(8)23-7-11(21)20-14(22,13(17)18)6-9(19-20)12(15)16/h2-5,12-13,22H,6-7H2,1H3. The van der Waals surface area contributed by atoms with E-state index < -0.39 is 43.2 Å². The van der Waals surface area contributed by atoms with E-state index in [1.807, 2.05) is 0 Å². The highest BCUT2D eigenvalue weighted by atomic mass is 19.3. The van der Waals surface area contributed by atoms with Crippen LogP contribution < -0.4 is 4.74 Å². The van der Waals surface area contributed by atoms with Crippen LogP contribution in [-0.4, -0.2) is 46.9 Å². The van der Waals surface area contributed by atoms with Crippen molar-refractivity contribution in [1.29, 1.82) is 0 Å². The molecule has 0 radical (unpaired) electrons. The first-order valence-electron chi connectivity index (χ1n) is 6.63. The van der Waals surface area contributed by atoms with Gasteiger partial charge in [0.2, 0.25) is 5.72 Å². The molecule has 1 heterocycles. The maximum atomic E-state index is 13.0. The van der Waals surface area contributed by atoms with Gasteiger partial charge in [-0.05, 0) is 18.6 Å². The third kappa shape index (κ3) is 3.44. The largest absolute Gasteiger partial charge is 0.483 e.